The molecule has 0 radical (unpaired) electrons. The largest absolute Gasteiger partial charge is 0.385 e. The van der Waals surface area contributed by atoms with E-state index in [1.165, 1.54) is 31.3 Å². The number of hydrogen-bond acceptors (Lipinski definition) is 4. The lowest BCUT2D eigenvalue weighted by Gasteiger charge is -1.81. The first-order valence-electron chi connectivity index (χ1n) is 10.6. The number of hydrogen-bond donors (Lipinski definition) is 0. The standard InChI is InChI=1S/C4H10.C4H8.C4H6.C3H8O2S.C3H8O.C3H8S.C3H8.8CH4/c3*1-3-4-2;1-3-6(2,4)5;2*1-3-4-2;1-3-2;;;;;;;;/h3-4H2,1-2H3;3-4H,1-2H3;1-2H3;3H2,1-2H3;2*3H2,1-2H3;3H2,1-2H3;8*1H4. The molecule has 0 amide bonds. The molecule has 0 rings (SSSR count). The van der Waals surface area contributed by atoms with E-state index in [1.807, 2.05) is 58.5 Å². The summed E-state index contributed by atoms with van der Waals surface area (Å²) < 4.78 is 24.5. The number of ether oxygens (including phenoxy) is 1. The Morgan fingerprint density at radius 3 is 0.865 bits per heavy atom. The molecule has 3 nitrogen and oxygen atoms in total. The topological polar surface area (TPSA) is 43.4 Å². The maximum atomic E-state index is 10.0. The van der Waals surface area contributed by atoms with Crippen LogP contribution >= 0.6 is 11.8 Å². The Morgan fingerprint density at radius 1 is 0.703 bits per heavy atom. The van der Waals surface area contributed by atoms with Crippen LogP contribution in [-0.4, -0.2) is 46.2 Å². The molecule has 246 valence electrons. The minimum atomic E-state index is -2.66. The molecular formula is C32H88O3S2. The second-order valence-corrected chi connectivity index (χ2v) is 8.83. The quantitative estimate of drug-likeness (QED) is 0.243. The smallest absolute Gasteiger partial charge is 0.147 e. The summed E-state index contributed by atoms with van der Waals surface area (Å²) in [6.45, 7) is 22.8. The van der Waals surface area contributed by atoms with Crippen molar-refractivity contribution in [1.82, 2.24) is 0 Å². The first-order valence-corrected chi connectivity index (χ1v) is 14.1. The maximum Gasteiger partial charge on any atom is 0.147 e. The van der Waals surface area contributed by atoms with E-state index in [9.17, 15) is 8.42 Å². The molecule has 0 heterocycles. The van der Waals surface area contributed by atoms with Crippen molar-refractivity contribution in [2.75, 3.05) is 37.7 Å². The van der Waals surface area contributed by atoms with Crippen molar-refractivity contribution in [2.45, 2.75) is 155 Å². The molecule has 0 aliphatic heterocycles. The lowest BCUT2D eigenvalue weighted by Crippen LogP contribution is -1.96. The Morgan fingerprint density at radius 2 is 0.865 bits per heavy atom. The second-order valence-electron chi connectivity index (χ2n) is 5.24. The molecule has 0 aliphatic rings. The molecule has 0 fully saturated rings. The summed E-state index contributed by atoms with van der Waals surface area (Å²) in [6.07, 6.45) is 11.2. The third-order valence-electron chi connectivity index (χ3n) is 2.19. The van der Waals surface area contributed by atoms with Crippen LogP contribution in [0.15, 0.2) is 12.2 Å². The number of sulfone groups is 1. The van der Waals surface area contributed by atoms with Crippen LogP contribution in [0.2, 0.25) is 0 Å². The van der Waals surface area contributed by atoms with Crippen LogP contribution in [-0.2, 0) is 14.6 Å². The molecule has 0 aromatic heterocycles. The monoisotopic (exact) mass is 585 g/mol. The van der Waals surface area contributed by atoms with Crippen LogP contribution in [0.5, 0.6) is 0 Å². The van der Waals surface area contributed by atoms with E-state index in [1.54, 1.807) is 14.0 Å². The van der Waals surface area contributed by atoms with Crippen molar-refractivity contribution in [3.8, 4) is 11.8 Å². The summed E-state index contributed by atoms with van der Waals surface area (Å²) in [6, 6.07) is 0. The third-order valence-corrected chi connectivity index (χ3v) is 3.81. The number of allylic oxidation sites excluding steroid dienone is 2. The fourth-order valence-electron chi connectivity index (χ4n) is 0. The van der Waals surface area contributed by atoms with Gasteiger partial charge in [-0.25, -0.2) is 8.42 Å². The molecule has 5 heteroatoms. The van der Waals surface area contributed by atoms with Crippen LogP contribution < -0.4 is 0 Å². The number of unbranched alkanes of at least 4 members (excludes halogenated alkanes) is 1. The number of thioether (sulfide) groups is 1. The highest BCUT2D eigenvalue weighted by Gasteiger charge is 1.90. The minimum Gasteiger partial charge on any atom is -0.385 e. The predicted octanol–water partition coefficient (Wildman–Crippen LogP) is 13.0. The fraction of sp³-hybridized carbons (Fsp3) is 0.875. The number of rotatable bonds is 4. The van der Waals surface area contributed by atoms with Gasteiger partial charge in [0, 0.05) is 25.7 Å². The van der Waals surface area contributed by atoms with Crippen molar-refractivity contribution in [3.63, 3.8) is 0 Å². The Bertz CT molecular complexity index is 342. The maximum absolute atomic E-state index is 10.0. The Labute approximate surface area is 250 Å². The summed E-state index contributed by atoms with van der Waals surface area (Å²) in [5.74, 6) is 6.84. The van der Waals surface area contributed by atoms with E-state index in [0.717, 1.165) is 6.61 Å². The highest BCUT2D eigenvalue weighted by atomic mass is 32.2. The van der Waals surface area contributed by atoms with Gasteiger partial charge in [0.15, 0.2) is 0 Å². The Kier molecular flexibility index (Phi) is 370. The normalized spacial score (nSPS) is 6.22. The van der Waals surface area contributed by atoms with Gasteiger partial charge in [-0.15, -0.1) is 11.8 Å². The fourth-order valence-corrected chi connectivity index (χ4v) is 0. The summed E-state index contributed by atoms with van der Waals surface area (Å²) in [5.41, 5.74) is 0. The number of methoxy groups -OCH3 is 1. The average Bonchev–Trinajstić information content (AvgIpc) is 2.74. The zero-order valence-electron chi connectivity index (χ0n) is 22.4. The lowest BCUT2D eigenvalue weighted by molar-refractivity contribution is 0.215. The molecule has 0 saturated carbocycles. The third kappa shape index (κ3) is 701. The zero-order valence-corrected chi connectivity index (χ0v) is 24.1. The highest BCUT2D eigenvalue weighted by Crippen LogP contribution is 1.83. The van der Waals surface area contributed by atoms with Gasteiger partial charge in [-0.05, 0) is 46.6 Å². The Hall–Kier alpha value is -0.440. The molecule has 0 spiro atoms. The summed E-state index contributed by atoms with van der Waals surface area (Å²) in [5, 5.41) is 0. The average molecular weight is 585 g/mol. The summed E-state index contributed by atoms with van der Waals surface area (Å²) >= 11 is 1.86. The molecule has 0 aromatic rings. The second kappa shape index (κ2) is 138. The molecule has 0 aromatic carbocycles. The SMILES string of the molecule is C.C.C.C.C.C.C.C.CC#CC.CC=CC.CCC.CCCC.CCOC.CCS(C)(=O)=O.CCSC. The van der Waals surface area contributed by atoms with Crippen molar-refractivity contribution < 1.29 is 13.2 Å². The van der Waals surface area contributed by atoms with Crippen LogP contribution in [0, 0.1) is 11.8 Å². The van der Waals surface area contributed by atoms with E-state index in [2.05, 4.69) is 57.5 Å². The van der Waals surface area contributed by atoms with E-state index < -0.39 is 9.84 Å². The van der Waals surface area contributed by atoms with E-state index in [0.29, 0.717) is 0 Å². The molecular weight excluding hydrogens is 496 g/mol. The molecule has 0 N–H and O–H groups in total. The van der Waals surface area contributed by atoms with E-state index >= 15 is 0 Å². The van der Waals surface area contributed by atoms with Gasteiger partial charge in [-0.1, -0.05) is 132 Å². The van der Waals surface area contributed by atoms with Gasteiger partial charge < -0.3 is 4.74 Å². The van der Waals surface area contributed by atoms with Crippen LogP contribution in [0.25, 0.3) is 0 Å². The Balaban J connectivity index is -0.0000000114. The van der Waals surface area contributed by atoms with Crippen molar-refractivity contribution in [2.24, 2.45) is 0 Å². The minimum absolute atomic E-state index is 0. The zero-order chi connectivity index (χ0) is 25.0. The van der Waals surface area contributed by atoms with Crippen LogP contribution in [0.1, 0.15) is 155 Å². The van der Waals surface area contributed by atoms with Gasteiger partial charge >= 0.3 is 0 Å². The highest BCUT2D eigenvalue weighted by molar-refractivity contribution is 7.98. The first-order chi connectivity index (χ1) is 13.5. The molecule has 0 atom stereocenters. The summed E-state index contributed by atoms with van der Waals surface area (Å²) in [7, 11) is -0.981. The lowest BCUT2D eigenvalue weighted by atomic mass is 10.4. The van der Waals surface area contributed by atoms with Gasteiger partial charge in [-0.2, -0.15) is 11.8 Å². The molecule has 0 aliphatic carbocycles. The van der Waals surface area contributed by atoms with Crippen LogP contribution in [0.4, 0.5) is 0 Å². The van der Waals surface area contributed by atoms with Crippen molar-refractivity contribution in [1.29, 1.82) is 0 Å². The first kappa shape index (κ1) is 99.5. The van der Waals surface area contributed by atoms with Gasteiger partial charge in [0.2, 0.25) is 0 Å². The summed E-state index contributed by atoms with van der Waals surface area (Å²) in [4.78, 5) is 0. The van der Waals surface area contributed by atoms with Crippen molar-refractivity contribution >= 4 is 21.6 Å². The van der Waals surface area contributed by atoms with Gasteiger partial charge in [0.05, 0.1) is 0 Å². The van der Waals surface area contributed by atoms with Gasteiger partial charge in [-0.3, -0.25) is 0 Å². The molecule has 0 unspecified atom stereocenters. The van der Waals surface area contributed by atoms with Gasteiger partial charge in [0.25, 0.3) is 0 Å². The molecule has 0 bridgehead atoms. The van der Waals surface area contributed by atoms with E-state index in [4.69, 9.17) is 0 Å². The molecule has 0 saturated heterocycles. The molecule has 37 heavy (non-hydrogen) atoms. The van der Waals surface area contributed by atoms with Gasteiger partial charge in [0.1, 0.15) is 9.84 Å². The predicted molar refractivity (Wildman–Crippen MR) is 197 cm³/mol. The van der Waals surface area contributed by atoms with E-state index in [-0.39, 0.29) is 65.2 Å². The van der Waals surface area contributed by atoms with Crippen LogP contribution in [0.3, 0.4) is 0 Å². The van der Waals surface area contributed by atoms with Crippen molar-refractivity contribution in [3.05, 3.63) is 12.2 Å².